The second-order valence-corrected chi connectivity index (χ2v) is 8.26. The lowest BCUT2D eigenvalue weighted by Gasteiger charge is -2.22. The van der Waals surface area contributed by atoms with Gasteiger partial charge in [-0.3, -0.25) is 4.79 Å². The van der Waals surface area contributed by atoms with Crippen molar-refractivity contribution in [1.82, 2.24) is 10.2 Å². The maximum atomic E-state index is 12.9. The number of carbonyl (C=O) groups excluding carboxylic acids is 1. The molecule has 0 spiro atoms. The third kappa shape index (κ3) is 5.61. The third-order valence-electron chi connectivity index (χ3n) is 4.73. The second kappa shape index (κ2) is 9.79. The largest absolute Gasteiger partial charge is 0.355 e. The molecule has 2 aromatic rings. The first kappa shape index (κ1) is 19.0. The molecule has 0 bridgehead atoms. The van der Waals surface area contributed by atoms with E-state index in [2.05, 4.69) is 29.3 Å². The van der Waals surface area contributed by atoms with Crippen molar-refractivity contribution in [2.75, 3.05) is 26.2 Å². The van der Waals surface area contributed by atoms with Gasteiger partial charge in [-0.05, 0) is 49.5 Å². The molecule has 3 nitrogen and oxygen atoms in total. The van der Waals surface area contributed by atoms with E-state index >= 15 is 0 Å². The molecule has 2 unspecified atom stereocenters. The molecule has 1 heterocycles. The van der Waals surface area contributed by atoms with Crippen molar-refractivity contribution in [2.45, 2.75) is 29.9 Å². The predicted molar refractivity (Wildman–Crippen MR) is 109 cm³/mol. The summed E-state index contributed by atoms with van der Waals surface area (Å²) in [4.78, 5) is 16.6. The maximum absolute atomic E-state index is 12.9. The van der Waals surface area contributed by atoms with Crippen molar-refractivity contribution >= 4 is 17.7 Å². The average molecular weight is 369 g/mol. The summed E-state index contributed by atoms with van der Waals surface area (Å²) in [5.74, 6) is 0.563. The number of benzene rings is 2. The summed E-state index contributed by atoms with van der Waals surface area (Å²) >= 11 is 1.61. The van der Waals surface area contributed by atoms with Gasteiger partial charge >= 0.3 is 0 Å². The highest BCUT2D eigenvalue weighted by molar-refractivity contribution is 8.00. The standard InChI is InChI=1S/C22H28N2OS/c1-18(17-24-14-8-9-15-24)16-23-22(25)21(19-10-4-2-5-11-19)26-20-12-6-3-7-13-20/h2-7,10-13,18,21H,8-9,14-17H2,1H3,(H,23,25). The molecule has 0 aromatic heterocycles. The molecule has 4 heteroatoms. The highest BCUT2D eigenvalue weighted by Crippen LogP contribution is 2.35. The van der Waals surface area contributed by atoms with Gasteiger partial charge in [0.2, 0.25) is 5.91 Å². The van der Waals surface area contributed by atoms with Crippen LogP contribution in [-0.2, 0) is 4.79 Å². The first-order chi connectivity index (χ1) is 12.7. The molecule has 26 heavy (non-hydrogen) atoms. The number of likely N-dealkylation sites (tertiary alicyclic amines) is 1. The fourth-order valence-electron chi connectivity index (χ4n) is 3.37. The van der Waals surface area contributed by atoms with Gasteiger partial charge in [0.1, 0.15) is 5.25 Å². The van der Waals surface area contributed by atoms with Crippen molar-refractivity contribution in [3.63, 3.8) is 0 Å². The number of nitrogens with zero attached hydrogens (tertiary/aromatic N) is 1. The Kier molecular flexibility index (Phi) is 7.15. The molecule has 1 aliphatic heterocycles. The highest BCUT2D eigenvalue weighted by atomic mass is 32.2. The van der Waals surface area contributed by atoms with Gasteiger partial charge in [0.05, 0.1) is 0 Å². The van der Waals surface area contributed by atoms with Crippen molar-refractivity contribution < 1.29 is 4.79 Å². The van der Waals surface area contributed by atoms with Gasteiger partial charge in [-0.25, -0.2) is 0 Å². The molecular weight excluding hydrogens is 340 g/mol. The van der Waals surface area contributed by atoms with Gasteiger partial charge in [0, 0.05) is 18.0 Å². The van der Waals surface area contributed by atoms with Crippen LogP contribution in [0.25, 0.3) is 0 Å². The van der Waals surface area contributed by atoms with Gasteiger partial charge in [-0.1, -0.05) is 55.5 Å². The van der Waals surface area contributed by atoms with Gasteiger partial charge in [0.25, 0.3) is 0 Å². The first-order valence-electron chi connectivity index (χ1n) is 9.49. The van der Waals surface area contributed by atoms with Crippen LogP contribution in [0.1, 0.15) is 30.6 Å². The van der Waals surface area contributed by atoms with Crippen LogP contribution in [-0.4, -0.2) is 37.0 Å². The number of hydrogen-bond acceptors (Lipinski definition) is 3. The molecule has 1 N–H and O–H groups in total. The molecule has 1 saturated heterocycles. The minimum Gasteiger partial charge on any atom is -0.355 e. The zero-order valence-electron chi connectivity index (χ0n) is 15.4. The molecule has 2 aromatic carbocycles. The molecule has 0 radical (unpaired) electrons. The Balaban J connectivity index is 1.61. The Bertz CT molecular complexity index is 671. The molecule has 1 aliphatic rings. The number of amides is 1. The maximum Gasteiger partial charge on any atom is 0.238 e. The van der Waals surface area contributed by atoms with Crippen LogP contribution in [0, 0.1) is 5.92 Å². The van der Waals surface area contributed by atoms with E-state index in [0.717, 1.165) is 23.5 Å². The summed E-state index contributed by atoms with van der Waals surface area (Å²) in [6.07, 6.45) is 2.62. The van der Waals surface area contributed by atoms with Gasteiger partial charge < -0.3 is 10.2 Å². The van der Waals surface area contributed by atoms with Gasteiger partial charge in [0.15, 0.2) is 0 Å². The van der Waals surface area contributed by atoms with E-state index < -0.39 is 0 Å². The average Bonchev–Trinajstić information content (AvgIpc) is 3.19. The minimum absolute atomic E-state index is 0.0957. The monoisotopic (exact) mass is 368 g/mol. The molecule has 2 atom stereocenters. The van der Waals surface area contributed by atoms with E-state index in [1.807, 2.05) is 48.5 Å². The number of thioether (sulfide) groups is 1. The highest BCUT2D eigenvalue weighted by Gasteiger charge is 2.23. The van der Waals surface area contributed by atoms with Gasteiger partial charge in [-0.15, -0.1) is 11.8 Å². The molecule has 0 aliphatic carbocycles. The molecular formula is C22H28N2OS. The van der Waals surface area contributed by atoms with Crippen molar-refractivity contribution in [3.05, 3.63) is 66.2 Å². The van der Waals surface area contributed by atoms with E-state index in [-0.39, 0.29) is 11.2 Å². The lowest BCUT2D eigenvalue weighted by atomic mass is 10.1. The van der Waals surface area contributed by atoms with Crippen LogP contribution in [0.5, 0.6) is 0 Å². The Morgan fingerprint density at radius 3 is 2.31 bits per heavy atom. The normalized spacial score (nSPS) is 17.0. The van der Waals surface area contributed by atoms with Crippen molar-refractivity contribution in [3.8, 4) is 0 Å². The quantitative estimate of drug-likeness (QED) is 0.702. The minimum atomic E-state index is -0.224. The van der Waals surface area contributed by atoms with E-state index in [1.165, 1.54) is 25.9 Å². The van der Waals surface area contributed by atoms with Crippen LogP contribution in [0.3, 0.4) is 0 Å². The summed E-state index contributed by atoms with van der Waals surface area (Å²) in [6, 6.07) is 20.2. The zero-order valence-corrected chi connectivity index (χ0v) is 16.3. The number of nitrogens with one attached hydrogen (secondary N) is 1. The van der Waals surface area contributed by atoms with Crippen molar-refractivity contribution in [1.29, 1.82) is 0 Å². The summed E-state index contributed by atoms with van der Waals surface area (Å²) in [5, 5.41) is 2.96. The smallest absolute Gasteiger partial charge is 0.238 e. The fraction of sp³-hybridized carbons (Fsp3) is 0.409. The number of hydrogen-bond donors (Lipinski definition) is 1. The molecule has 138 valence electrons. The van der Waals surface area contributed by atoms with E-state index in [0.29, 0.717) is 5.92 Å². The summed E-state index contributed by atoms with van der Waals surface area (Å²) in [6.45, 7) is 6.43. The Morgan fingerprint density at radius 1 is 1.04 bits per heavy atom. The molecule has 0 saturated carbocycles. The van der Waals surface area contributed by atoms with Gasteiger partial charge in [-0.2, -0.15) is 0 Å². The van der Waals surface area contributed by atoms with Crippen LogP contribution in [0.15, 0.2) is 65.6 Å². The summed E-state index contributed by atoms with van der Waals surface area (Å²) < 4.78 is 0. The number of rotatable bonds is 8. The lowest BCUT2D eigenvalue weighted by Crippen LogP contribution is -2.36. The van der Waals surface area contributed by atoms with Crippen molar-refractivity contribution in [2.24, 2.45) is 5.92 Å². The lowest BCUT2D eigenvalue weighted by molar-refractivity contribution is -0.120. The Hall–Kier alpha value is -1.78. The first-order valence-corrected chi connectivity index (χ1v) is 10.4. The fourth-order valence-corrected chi connectivity index (χ4v) is 4.44. The third-order valence-corrected chi connectivity index (χ3v) is 6.00. The number of carbonyl (C=O) groups is 1. The van der Waals surface area contributed by atoms with E-state index in [4.69, 9.17) is 0 Å². The van der Waals surface area contributed by atoms with Crippen LogP contribution >= 0.6 is 11.8 Å². The summed E-state index contributed by atoms with van der Waals surface area (Å²) in [7, 11) is 0. The van der Waals surface area contributed by atoms with Crippen LogP contribution in [0.2, 0.25) is 0 Å². The molecule has 3 rings (SSSR count). The van der Waals surface area contributed by atoms with Crippen LogP contribution < -0.4 is 5.32 Å². The zero-order chi connectivity index (χ0) is 18.2. The SMILES string of the molecule is CC(CNC(=O)C(Sc1ccccc1)c1ccccc1)CN1CCCC1. The van der Waals surface area contributed by atoms with Crippen LogP contribution in [0.4, 0.5) is 0 Å². The molecule has 1 fully saturated rings. The second-order valence-electron chi connectivity index (χ2n) is 7.08. The summed E-state index contributed by atoms with van der Waals surface area (Å²) in [5.41, 5.74) is 1.05. The van der Waals surface area contributed by atoms with E-state index in [9.17, 15) is 4.79 Å². The Morgan fingerprint density at radius 2 is 1.65 bits per heavy atom. The predicted octanol–water partition coefficient (Wildman–Crippen LogP) is 4.37. The topological polar surface area (TPSA) is 32.3 Å². The van der Waals surface area contributed by atoms with E-state index in [1.54, 1.807) is 11.8 Å². The Labute approximate surface area is 161 Å². The molecule has 1 amide bonds.